The monoisotopic (exact) mass is 352 g/mol. The van der Waals surface area contributed by atoms with E-state index in [1.165, 1.54) is 18.3 Å². The van der Waals surface area contributed by atoms with Gasteiger partial charge >= 0.3 is 6.18 Å². The first-order valence-corrected chi connectivity index (χ1v) is 7.51. The number of halogens is 3. The van der Waals surface area contributed by atoms with Gasteiger partial charge in [-0.1, -0.05) is 12.1 Å². The van der Waals surface area contributed by atoms with E-state index in [9.17, 15) is 18.0 Å². The van der Waals surface area contributed by atoms with Crippen LogP contribution in [0.15, 0.2) is 42.6 Å². The standard InChI is InChI=1S/C17H19F3N4O/c1-24(2)10-15(11-4-3-5-12(8-11)17(18,19)20)23-16(25)14-9-13(21)6-7-22-14/h3-9,15H,10H2,1-2H3,(H2,21,22)(H,23,25). The molecule has 1 atom stereocenters. The van der Waals surface area contributed by atoms with Gasteiger partial charge in [-0.15, -0.1) is 0 Å². The molecule has 1 amide bonds. The smallest absolute Gasteiger partial charge is 0.399 e. The zero-order chi connectivity index (χ0) is 18.6. The van der Waals surface area contributed by atoms with Crippen LogP contribution in [0.25, 0.3) is 0 Å². The molecule has 1 aromatic heterocycles. The number of hydrogen-bond donors (Lipinski definition) is 2. The highest BCUT2D eigenvalue weighted by atomic mass is 19.4. The predicted molar refractivity (Wildman–Crippen MR) is 88.9 cm³/mol. The van der Waals surface area contributed by atoms with Crippen molar-refractivity contribution in [3.63, 3.8) is 0 Å². The second kappa shape index (κ2) is 7.52. The van der Waals surface area contributed by atoms with Crippen LogP contribution in [-0.2, 0) is 6.18 Å². The number of amides is 1. The molecular formula is C17H19F3N4O. The van der Waals surface area contributed by atoms with E-state index < -0.39 is 23.7 Å². The van der Waals surface area contributed by atoms with E-state index in [1.54, 1.807) is 31.1 Å². The van der Waals surface area contributed by atoms with Crippen molar-refractivity contribution in [1.29, 1.82) is 0 Å². The number of rotatable bonds is 5. The summed E-state index contributed by atoms with van der Waals surface area (Å²) in [5, 5.41) is 2.72. The molecule has 0 saturated heterocycles. The van der Waals surface area contributed by atoms with Crippen molar-refractivity contribution in [2.24, 2.45) is 0 Å². The third kappa shape index (κ3) is 5.18. The van der Waals surface area contributed by atoms with Gasteiger partial charge in [0.1, 0.15) is 5.69 Å². The Morgan fingerprint density at radius 3 is 2.60 bits per heavy atom. The predicted octanol–water partition coefficient (Wildman–Crippen LogP) is 2.72. The summed E-state index contributed by atoms with van der Waals surface area (Å²) >= 11 is 0. The number of carbonyl (C=O) groups is 1. The zero-order valence-electron chi connectivity index (χ0n) is 13.8. The number of nitrogen functional groups attached to an aromatic ring is 1. The van der Waals surface area contributed by atoms with E-state index >= 15 is 0 Å². The summed E-state index contributed by atoms with van der Waals surface area (Å²) in [4.78, 5) is 18.1. The summed E-state index contributed by atoms with van der Waals surface area (Å²) in [6.45, 7) is 0.329. The van der Waals surface area contributed by atoms with E-state index in [0.29, 0.717) is 17.8 Å². The highest BCUT2D eigenvalue weighted by molar-refractivity contribution is 5.93. The molecule has 25 heavy (non-hydrogen) atoms. The molecule has 0 fully saturated rings. The van der Waals surface area contributed by atoms with Crippen molar-refractivity contribution < 1.29 is 18.0 Å². The minimum absolute atomic E-state index is 0.107. The zero-order valence-corrected chi connectivity index (χ0v) is 13.8. The van der Waals surface area contributed by atoms with Gasteiger partial charge in [-0.3, -0.25) is 9.78 Å². The van der Waals surface area contributed by atoms with Gasteiger partial charge < -0.3 is 16.0 Å². The molecule has 5 nitrogen and oxygen atoms in total. The van der Waals surface area contributed by atoms with Gasteiger partial charge in [0, 0.05) is 18.4 Å². The average molecular weight is 352 g/mol. The van der Waals surface area contributed by atoms with Crippen LogP contribution < -0.4 is 11.1 Å². The number of nitrogens with two attached hydrogens (primary N) is 1. The Balaban J connectivity index is 2.29. The highest BCUT2D eigenvalue weighted by Crippen LogP contribution is 2.31. The molecule has 0 radical (unpaired) electrons. The lowest BCUT2D eigenvalue weighted by atomic mass is 10.0. The van der Waals surface area contributed by atoms with Gasteiger partial charge in [0.05, 0.1) is 11.6 Å². The van der Waals surface area contributed by atoms with Crippen molar-refractivity contribution in [3.8, 4) is 0 Å². The Morgan fingerprint density at radius 2 is 2.00 bits per heavy atom. The molecule has 3 N–H and O–H groups in total. The molecule has 0 saturated carbocycles. The molecule has 134 valence electrons. The molecule has 1 aromatic carbocycles. The van der Waals surface area contributed by atoms with Crippen LogP contribution >= 0.6 is 0 Å². The Morgan fingerprint density at radius 1 is 1.28 bits per heavy atom. The van der Waals surface area contributed by atoms with Crippen LogP contribution in [0.5, 0.6) is 0 Å². The van der Waals surface area contributed by atoms with Crippen LogP contribution in [0.2, 0.25) is 0 Å². The largest absolute Gasteiger partial charge is 0.416 e. The Bertz CT molecular complexity index is 747. The second-order valence-electron chi connectivity index (χ2n) is 5.89. The van der Waals surface area contributed by atoms with E-state index in [1.807, 2.05) is 0 Å². The summed E-state index contributed by atoms with van der Waals surface area (Å²) in [7, 11) is 3.54. The Kier molecular flexibility index (Phi) is 5.63. The van der Waals surface area contributed by atoms with Gasteiger partial charge in [-0.2, -0.15) is 13.2 Å². The summed E-state index contributed by atoms with van der Waals surface area (Å²) in [6.07, 6.45) is -3.05. The molecule has 1 heterocycles. The van der Waals surface area contributed by atoms with Crippen LogP contribution in [0.1, 0.15) is 27.7 Å². The maximum atomic E-state index is 12.9. The van der Waals surface area contributed by atoms with Crippen molar-refractivity contribution >= 4 is 11.6 Å². The lowest BCUT2D eigenvalue weighted by molar-refractivity contribution is -0.137. The third-order valence-electron chi connectivity index (χ3n) is 3.49. The number of nitrogens with one attached hydrogen (secondary N) is 1. The fourth-order valence-corrected chi connectivity index (χ4v) is 2.33. The molecule has 0 bridgehead atoms. The van der Waals surface area contributed by atoms with Gasteiger partial charge in [-0.05, 0) is 43.9 Å². The van der Waals surface area contributed by atoms with Crippen LogP contribution in [0, 0.1) is 0 Å². The molecule has 0 aliphatic heterocycles. The maximum absolute atomic E-state index is 12.9. The van der Waals surface area contributed by atoms with E-state index in [4.69, 9.17) is 5.73 Å². The summed E-state index contributed by atoms with van der Waals surface area (Å²) in [5.41, 5.74) is 5.72. The van der Waals surface area contributed by atoms with Crippen molar-refractivity contribution in [2.45, 2.75) is 12.2 Å². The van der Waals surface area contributed by atoms with Gasteiger partial charge in [0.15, 0.2) is 0 Å². The average Bonchev–Trinajstić information content (AvgIpc) is 2.53. The number of alkyl halides is 3. The molecular weight excluding hydrogens is 333 g/mol. The highest BCUT2D eigenvalue weighted by Gasteiger charge is 2.31. The molecule has 0 aliphatic rings. The van der Waals surface area contributed by atoms with Gasteiger partial charge in [0.25, 0.3) is 5.91 Å². The number of hydrogen-bond acceptors (Lipinski definition) is 4. The van der Waals surface area contributed by atoms with Crippen LogP contribution in [0.4, 0.5) is 18.9 Å². The topological polar surface area (TPSA) is 71.2 Å². The third-order valence-corrected chi connectivity index (χ3v) is 3.49. The Labute approximate surface area is 143 Å². The lowest BCUT2D eigenvalue weighted by Gasteiger charge is -2.23. The van der Waals surface area contributed by atoms with Crippen molar-refractivity contribution in [3.05, 3.63) is 59.4 Å². The van der Waals surface area contributed by atoms with Crippen LogP contribution in [0.3, 0.4) is 0 Å². The normalized spacial score (nSPS) is 12.9. The second-order valence-corrected chi connectivity index (χ2v) is 5.89. The first-order chi connectivity index (χ1) is 11.7. The van der Waals surface area contributed by atoms with E-state index in [0.717, 1.165) is 12.1 Å². The number of carbonyl (C=O) groups excluding carboxylic acids is 1. The van der Waals surface area contributed by atoms with E-state index in [-0.39, 0.29) is 5.69 Å². The lowest BCUT2D eigenvalue weighted by Crippen LogP contribution is -2.35. The first kappa shape index (κ1) is 18.7. The number of pyridine rings is 1. The summed E-state index contributed by atoms with van der Waals surface area (Å²) in [5.74, 6) is -0.503. The molecule has 2 aromatic rings. The number of benzene rings is 1. The molecule has 0 spiro atoms. The molecule has 8 heteroatoms. The first-order valence-electron chi connectivity index (χ1n) is 7.51. The van der Waals surface area contributed by atoms with Crippen molar-refractivity contribution in [1.82, 2.24) is 15.2 Å². The number of anilines is 1. The van der Waals surface area contributed by atoms with Crippen LogP contribution in [-0.4, -0.2) is 36.4 Å². The number of aromatic nitrogens is 1. The fraction of sp³-hybridized carbons (Fsp3) is 0.294. The van der Waals surface area contributed by atoms with Crippen molar-refractivity contribution in [2.75, 3.05) is 26.4 Å². The quantitative estimate of drug-likeness (QED) is 0.868. The minimum atomic E-state index is -4.45. The Hall–Kier alpha value is -2.61. The number of nitrogens with zero attached hydrogens (tertiary/aromatic N) is 2. The molecule has 1 unspecified atom stereocenters. The van der Waals surface area contributed by atoms with Gasteiger partial charge in [0.2, 0.25) is 0 Å². The van der Waals surface area contributed by atoms with E-state index in [2.05, 4.69) is 10.3 Å². The van der Waals surface area contributed by atoms with Gasteiger partial charge in [-0.25, -0.2) is 0 Å². The fourth-order valence-electron chi connectivity index (χ4n) is 2.33. The summed E-state index contributed by atoms with van der Waals surface area (Å²) < 4.78 is 38.8. The minimum Gasteiger partial charge on any atom is -0.399 e. The maximum Gasteiger partial charge on any atom is 0.416 e. The molecule has 2 rings (SSSR count). The number of likely N-dealkylation sites (N-methyl/N-ethyl adjacent to an activating group) is 1. The molecule has 0 aliphatic carbocycles. The summed E-state index contributed by atoms with van der Waals surface area (Å²) in [6, 6.07) is 7.24. The SMILES string of the molecule is CN(C)CC(NC(=O)c1cc(N)ccn1)c1cccc(C(F)(F)F)c1.